The molecule has 2 rings (SSSR count). The van der Waals surface area contributed by atoms with Crippen LogP contribution in [-0.2, 0) is 13.2 Å². The SMILES string of the molecule is COc1cc(Cl)cc(CN)c1OCc1ccsc1. The Morgan fingerprint density at radius 2 is 2.22 bits per heavy atom. The number of benzene rings is 1. The Morgan fingerprint density at radius 1 is 1.39 bits per heavy atom. The number of nitrogens with two attached hydrogens (primary N) is 1. The number of thiophene rings is 1. The molecule has 1 aromatic carbocycles. The minimum absolute atomic E-state index is 0.357. The highest BCUT2D eigenvalue weighted by atomic mass is 35.5. The molecule has 0 aliphatic heterocycles. The molecular weight excluding hydrogens is 270 g/mol. The topological polar surface area (TPSA) is 44.5 Å². The van der Waals surface area contributed by atoms with E-state index in [4.69, 9.17) is 26.8 Å². The van der Waals surface area contributed by atoms with Crippen LogP contribution in [0, 0.1) is 0 Å². The Labute approximate surface area is 115 Å². The highest BCUT2D eigenvalue weighted by molar-refractivity contribution is 7.07. The summed E-state index contributed by atoms with van der Waals surface area (Å²) in [5.74, 6) is 1.27. The van der Waals surface area contributed by atoms with E-state index in [1.54, 1.807) is 30.6 Å². The Hall–Kier alpha value is -1.23. The van der Waals surface area contributed by atoms with Crippen LogP contribution >= 0.6 is 22.9 Å². The van der Waals surface area contributed by atoms with Crippen molar-refractivity contribution in [2.45, 2.75) is 13.2 Å². The molecule has 0 amide bonds. The molecule has 3 nitrogen and oxygen atoms in total. The van der Waals surface area contributed by atoms with Gasteiger partial charge in [-0.15, -0.1) is 0 Å². The molecule has 0 aliphatic carbocycles. The van der Waals surface area contributed by atoms with Crippen molar-refractivity contribution in [3.05, 3.63) is 45.1 Å². The van der Waals surface area contributed by atoms with Crippen LogP contribution in [0.4, 0.5) is 0 Å². The fourth-order valence-electron chi connectivity index (χ4n) is 1.62. The van der Waals surface area contributed by atoms with Gasteiger partial charge in [-0.3, -0.25) is 0 Å². The van der Waals surface area contributed by atoms with Crippen LogP contribution in [0.15, 0.2) is 29.0 Å². The third-order valence-electron chi connectivity index (χ3n) is 2.50. The summed E-state index contributed by atoms with van der Waals surface area (Å²) in [6.45, 7) is 0.852. The molecule has 2 N–H and O–H groups in total. The molecule has 1 heterocycles. The minimum Gasteiger partial charge on any atom is -0.493 e. The van der Waals surface area contributed by atoms with Gasteiger partial charge in [-0.2, -0.15) is 11.3 Å². The normalized spacial score (nSPS) is 10.4. The van der Waals surface area contributed by atoms with Gasteiger partial charge in [0.2, 0.25) is 0 Å². The maximum atomic E-state index is 5.99. The van der Waals surface area contributed by atoms with Gasteiger partial charge in [-0.05, 0) is 28.5 Å². The summed E-state index contributed by atoms with van der Waals surface area (Å²) in [6.07, 6.45) is 0. The van der Waals surface area contributed by atoms with E-state index in [-0.39, 0.29) is 0 Å². The van der Waals surface area contributed by atoms with E-state index in [2.05, 4.69) is 0 Å². The van der Waals surface area contributed by atoms with Gasteiger partial charge in [-0.25, -0.2) is 0 Å². The van der Waals surface area contributed by atoms with Crippen LogP contribution < -0.4 is 15.2 Å². The highest BCUT2D eigenvalue weighted by Crippen LogP contribution is 2.35. The van der Waals surface area contributed by atoms with Gasteiger partial charge in [-0.1, -0.05) is 11.6 Å². The van der Waals surface area contributed by atoms with Crippen molar-refractivity contribution in [3.63, 3.8) is 0 Å². The first-order valence-corrected chi connectivity index (χ1v) is 6.77. The van der Waals surface area contributed by atoms with Gasteiger partial charge in [0.15, 0.2) is 11.5 Å². The molecule has 0 bridgehead atoms. The molecular formula is C13H14ClNO2S. The summed E-state index contributed by atoms with van der Waals surface area (Å²) in [6, 6.07) is 5.55. The van der Waals surface area contributed by atoms with E-state index in [1.807, 2.05) is 16.8 Å². The third kappa shape index (κ3) is 2.96. The number of hydrogen-bond donors (Lipinski definition) is 1. The van der Waals surface area contributed by atoms with Gasteiger partial charge in [0, 0.05) is 23.2 Å². The average Bonchev–Trinajstić information content (AvgIpc) is 2.89. The molecule has 1 aromatic heterocycles. The number of rotatable bonds is 5. The highest BCUT2D eigenvalue weighted by Gasteiger charge is 2.12. The summed E-state index contributed by atoms with van der Waals surface area (Å²) in [5.41, 5.74) is 7.67. The number of methoxy groups -OCH3 is 1. The van der Waals surface area contributed by atoms with E-state index >= 15 is 0 Å². The first-order chi connectivity index (χ1) is 8.74. The van der Waals surface area contributed by atoms with Gasteiger partial charge < -0.3 is 15.2 Å². The second-order valence-corrected chi connectivity index (χ2v) is 4.94. The van der Waals surface area contributed by atoms with E-state index in [1.165, 1.54) is 0 Å². The molecule has 0 saturated heterocycles. The van der Waals surface area contributed by atoms with Crippen LogP contribution in [0.3, 0.4) is 0 Å². The van der Waals surface area contributed by atoms with Crippen molar-refractivity contribution >= 4 is 22.9 Å². The summed E-state index contributed by atoms with van der Waals surface area (Å²) >= 11 is 7.63. The van der Waals surface area contributed by atoms with Crippen LogP contribution in [0.5, 0.6) is 11.5 Å². The first kappa shape index (κ1) is 13.2. The van der Waals surface area contributed by atoms with E-state index < -0.39 is 0 Å². The smallest absolute Gasteiger partial charge is 0.166 e. The number of ether oxygens (including phenoxy) is 2. The Kier molecular flexibility index (Phi) is 4.47. The molecule has 0 unspecified atom stereocenters. The zero-order valence-corrected chi connectivity index (χ0v) is 11.6. The van der Waals surface area contributed by atoms with Crippen molar-refractivity contribution < 1.29 is 9.47 Å². The molecule has 5 heteroatoms. The van der Waals surface area contributed by atoms with Gasteiger partial charge in [0.05, 0.1) is 7.11 Å². The number of hydrogen-bond acceptors (Lipinski definition) is 4. The molecule has 0 radical (unpaired) electrons. The van der Waals surface area contributed by atoms with Crippen molar-refractivity contribution in [3.8, 4) is 11.5 Å². The summed E-state index contributed by atoms with van der Waals surface area (Å²) < 4.78 is 11.1. The summed E-state index contributed by atoms with van der Waals surface area (Å²) in [4.78, 5) is 0. The van der Waals surface area contributed by atoms with E-state index in [0.717, 1.165) is 11.1 Å². The van der Waals surface area contributed by atoms with Crippen LogP contribution in [0.25, 0.3) is 0 Å². The summed E-state index contributed by atoms with van der Waals surface area (Å²) in [7, 11) is 1.59. The molecule has 0 spiro atoms. The molecule has 0 atom stereocenters. The largest absolute Gasteiger partial charge is 0.493 e. The quantitative estimate of drug-likeness (QED) is 0.914. The minimum atomic E-state index is 0.357. The number of halogens is 1. The predicted octanol–water partition coefficient (Wildman–Crippen LogP) is 3.45. The average molecular weight is 284 g/mol. The van der Waals surface area contributed by atoms with Crippen molar-refractivity contribution in [2.75, 3.05) is 7.11 Å². The van der Waals surface area contributed by atoms with Gasteiger partial charge in [0.25, 0.3) is 0 Å². The zero-order chi connectivity index (χ0) is 13.0. The lowest BCUT2D eigenvalue weighted by atomic mass is 10.2. The predicted molar refractivity (Wildman–Crippen MR) is 74.5 cm³/mol. The molecule has 0 aliphatic rings. The lowest BCUT2D eigenvalue weighted by Gasteiger charge is -2.14. The van der Waals surface area contributed by atoms with Gasteiger partial charge in [0.1, 0.15) is 6.61 Å². The molecule has 96 valence electrons. The second kappa shape index (κ2) is 6.09. The van der Waals surface area contributed by atoms with Crippen LogP contribution in [-0.4, -0.2) is 7.11 Å². The van der Waals surface area contributed by atoms with Gasteiger partial charge >= 0.3 is 0 Å². The molecule has 0 fully saturated rings. The lowest BCUT2D eigenvalue weighted by Crippen LogP contribution is -2.04. The third-order valence-corrected chi connectivity index (χ3v) is 3.45. The monoisotopic (exact) mass is 283 g/mol. The molecule has 2 aromatic rings. The maximum absolute atomic E-state index is 5.99. The van der Waals surface area contributed by atoms with Crippen molar-refractivity contribution in [1.29, 1.82) is 0 Å². The van der Waals surface area contributed by atoms with Crippen molar-refractivity contribution in [1.82, 2.24) is 0 Å². The Morgan fingerprint density at radius 3 is 2.83 bits per heavy atom. The first-order valence-electron chi connectivity index (χ1n) is 5.45. The fraction of sp³-hybridized carbons (Fsp3) is 0.231. The molecule has 18 heavy (non-hydrogen) atoms. The zero-order valence-electron chi connectivity index (χ0n) is 9.98. The van der Waals surface area contributed by atoms with E-state index in [9.17, 15) is 0 Å². The summed E-state index contributed by atoms with van der Waals surface area (Å²) in [5, 5.41) is 4.65. The molecule has 0 saturated carbocycles. The van der Waals surface area contributed by atoms with Crippen LogP contribution in [0.2, 0.25) is 5.02 Å². The van der Waals surface area contributed by atoms with Crippen LogP contribution in [0.1, 0.15) is 11.1 Å². The van der Waals surface area contributed by atoms with E-state index in [0.29, 0.717) is 29.7 Å². The maximum Gasteiger partial charge on any atom is 0.166 e. The Bertz CT molecular complexity index is 489. The lowest BCUT2D eigenvalue weighted by molar-refractivity contribution is 0.282. The second-order valence-electron chi connectivity index (χ2n) is 3.72. The standard InChI is InChI=1S/C13H14ClNO2S/c1-16-12-5-11(14)4-10(6-15)13(12)17-7-9-2-3-18-8-9/h2-5,8H,6-7,15H2,1H3. The van der Waals surface area contributed by atoms with Crippen molar-refractivity contribution in [2.24, 2.45) is 5.73 Å². The fourth-order valence-corrected chi connectivity index (χ4v) is 2.50. The Balaban J connectivity index is 2.24.